The number of likely N-dealkylation sites (tertiary alicyclic amines) is 1. The zero-order valence-electron chi connectivity index (χ0n) is 14.7. The Morgan fingerprint density at radius 2 is 2.15 bits per heavy atom. The van der Waals surface area contributed by atoms with Crippen molar-refractivity contribution >= 4 is 28.5 Å². The predicted molar refractivity (Wildman–Crippen MR) is 99.4 cm³/mol. The van der Waals surface area contributed by atoms with Gasteiger partial charge in [-0.2, -0.15) is 0 Å². The number of benzene rings is 1. The largest absolute Gasteiger partial charge is 0.493 e. The third-order valence-corrected chi connectivity index (χ3v) is 4.67. The normalized spacial score (nSPS) is 17.1. The number of hydrogen-bond donors (Lipinski definition) is 0. The minimum atomic E-state index is -0.178. The molecule has 0 bridgehead atoms. The highest BCUT2D eigenvalue weighted by molar-refractivity contribution is 6.30. The Balaban J connectivity index is 1.49. The van der Waals surface area contributed by atoms with E-state index in [2.05, 4.69) is 9.97 Å². The molecule has 3 heterocycles. The van der Waals surface area contributed by atoms with Crippen LogP contribution >= 0.6 is 11.6 Å². The fraction of sp³-hybridized carbons (Fsp3) is 0.316. The SMILES string of the molecule is COc1cccc2cc(C(=O)N3CCC[C@H](Oc4ncc(Cl)cn4)C3)oc12. The van der Waals surface area contributed by atoms with Gasteiger partial charge in [0, 0.05) is 11.9 Å². The molecule has 140 valence electrons. The Bertz CT molecular complexity index is 957. The number of aromatic nitrogens is 2. The summed E-state index contributed by atoms with van der Waals surface area (Å²) in [6, 6.07) is 7.55. The van der Waals surface area contributed by atoms with Crippen molar-refractivity contribution in [3.05, 3.63) is 47.4 Å². The first-order valence-electron chi connectivity index (χ1n) is 8.64. The van der Waals surface area contributed by atoms with E-state index in [1.54, 1.807) is 24.1 Å². The second-order valence-electron chi connectivity index (χ2n) is 6.31. The van der Waals surface area contributed by atoms with Gasteiger partial charge < -0.3 is 18.8 Å². The van der Waals surface area contributed by atoms with Crippen LogP contribution in [-0.2, 0) is 0 Å². The van der Waals surface area contributed by atoms with Crippen LogP contribution in [0.2, 0.25) is 5.02 Å². The number of rotatable bonds is 4. The molecule has 1 aliphatic heterocycles. The summed E-state index contributed by atoms with van der Waals surface area (Å²) in [5.74, 6) is 0.725. The fourth-order valence-electron chi connectivity index (χ4n) is 3.19. The van der Waals surface area contributed by atoms with Crippen molar-refractivity contribution in [2.24, 2.45) is 0 Å². The van der Waals surface area contributed by atoms with Crippen LogP contribution < -0.4 is 9.47 Å². The van der Waals surface area contributed by atoms with E-state index in [1.165, 1.54) is 12.4 Å². The number of furan rings is 1. The number of para-hydroxylation sites is 1. The van der Waals surface area contributed by atoms with Crippen LogP contribution in [0.25, 0.3) is 11.0 Å². The van der Waals surface area contributed by atoms with Gasteiger partial charge in [0.05, 0.1) is 31.1 Å². The summed E-state index contributed by atoms with van der Waals surface area (Å²) < 4.78 is 16.9. The van der Waals surface area contributed by atoms with Crippen molar-refractivity contribution < 1.29 is 18.7 Å². The Labute approximate surface area is 160 Å². The minimum absolute atomic E-state index is 0.168. The summed E-state index contributed by atoms with van der Waals surface area (Å²) in [6.45, 7) is 1.09. The van der Waals surface area contributed by atoms with Crippen LogP contribution in [0.4, 0.5) is 0 Å². The summed E-state index contributed by atoms with van der Waals surface area (Å²) in [5.41, 5.74) is 0.572. The highest BCUT2D eigenvalue weighted by Gasteiger charge is 2.28. The number of methoxy groups -OCH3 is 1. The number of carbonyl (C=O) groups excluding carboxylic acids is 1. The molecule has 1 fully saturated rings. The Morgan fingerprint density at radius 3 is 2.93 bits per heavy atom. The first kappa shape index (κ1) is 17.6. The number of ether oxygens (including phenoxy) is 2. The maximum atomic E-state index is 12.9. The van der Waals surface area contributed by atoms with Crippen LogP contribution in [-0.4, -0.2) is 47.1 Å². The van der Waals surface area contributed by atoms with E-state index in [-0.39, 0.29) is 23.8 Å². The standard InChI is InChI=1S/C19H18ClN3O4/c1-25-15-6-2-4-12-8-16(27-17(12)15)18(24)23-7-3-5-14(11-23)26-19-21-9-13(20)10-22-19/h2,4,6,8-10,14H,3,5,7,11H2,1H3/t14-/m0/s1. The zero-order valence-corrected chi connectivity index (χ0v) is 15.5. The van der Waals surface area contributed by atoms with E-state index < -0.39 is 0 Å². The zero-order chi connectivity index (χ0) is 18.8. The van der Waals surface area contributed by atoms with Crippen molar-refractivity contribution in [1.82, 2.24) is 14.9 Å². The second kappa shape index (κ2) is 7.44. The summed E-state index contributed by atoms with van der Waals surface area (Å²) in [5, 5.41) is 1.28. The van der Waals surface area contributed by atoms with Crippen LogP contribution in [0, 0.1) is 0 Å². The molecule has 7 nitrogen and oxygen atoms in total. The number of piperidine rings is 1. The molecule has 27 heavy (non-hydrogen) atoms. The minimum Gasteiger partial charge on any atom is -0.493 e. The van der Waals surface area contributed by atoms with E-state index in [0.717, 1.165) is 18.2 Å². The Hall–Kier alpha value is -2.80. The average Bonchev–Trinajstić information content (AvgIpc) is 3.14. The third kappa shape index (κ3) is 3.68. The van der Waals surface area contributed by atoms with E-state index in [1.807, 2.05) is 12.1 Å². The van der Waals surface area contributed by atoms with Crippen LogP contribution in [0.15, 0.2) is 41.1 Å². The van der Waals surface area contributed by atoms with Crippen molar-refractivity contribution in [2.75, 3.05) is 20.2 Å². The number of hydrogen-bond acceptors (Lipinski definition) is 6. The highest BCUT2D eigenvalue weighted by Crippen LogP contribution is 2.29. The van der Waals surface area contributed by atoms with Gasteiger partial charge in [-0.15, -0.1) is 0 Å². The van der Waals surface area contributed by atoms with Crippen molar-refractivity contribution in [2.45, 2.75) is 18.9 Å². The molecule has 1 amide bonds. The maximum Gasteiger partial charge on any atom is 0.316 e. The predicted octanol–water partition coefficient (Wildman–Crippen LogP) is 3.57. The summed E-state index contributed by atoms with van der Waals surface area (Å²) in [4.78, 5) is 22.7. The lowest BCUT2D eigenvalue weighted by molar-refractivity contribution is 0.0491. The smallest absolute Gasteiger partial charge is 0.316 e. The topological polar surface area (TPSA) is 77.7 Å². The summed E-state index contributed by atoms with van der Waals surface area (Å²) in [7, 11) is 1.57. The van der Waals surface area contributed by atoms with Gasteiger partial charge in [-0.1, -0.05) is 23.7 Å². The van der Waals surface area contributed by atoms with Crippen LogP contribution in [0.3, 0.4) is 0 Å². The van der Waals surface area contributed by atoms with Crippen LogP contribution in [0.5, 0.6) is 11.8 Å². The molecule has 8 heteroatoms. The Morgan fingerprint density at radius 1 is 1.33 bits per heavy atom. The number of carbonyl (C=O) groups is 1. The number of halogens is 1. The van der Waals surface area contributed by atoms with Gasteiger partial charge >= 0.3 is 6.01 Å². The number of fused-ring (bicyclic) bond motifs is 1. The summed E-state index contributed by atoms with van der Waals surface area (Å²) in [6.07, 6.45) is 4.44. The van der Waals surface area contributed by atoms with Crippen LogP contribution in [0.1, 0.15) is 23.4 Å². The molecule has 4 rings (SSSR count). The first-order chi connectivity index (χ1) is 13.1. The van der Waals surface area contributed by atoms with E-state index in [9.17, 15) is 4.79 Å². The van der Waals surface area contributed by atoms with Gasteiger partial charge in [0.15, 0.2) is 17.1 Å². The average molecular weight is 388 g/mol. The van der Waals surface area contributed by atoms with Gasteiger partial charge in [0.25, 0.3) is 5.91 Å². The molecule has 3 aromatic rings. The number of amides is 1. The van der Waals surface area contributed by atoms with E-state index in [4.69, 9.17) is 25.5 Å². The van der Waals surface area contributed by atoms with E-state index >= 15 is 0 Å². The second-order valence-corrected chi connectivity index (χ2v) is 6.74. The molecule has 0 aliphatic carbocycles. The van der Waals surface area contributed by atoms with Gasteiger partial charge in [-0.25, -0.2) is 9.97 Å². The monoisotopic (exact) mass is 387 g/mol. The van der Waals surface area contributed by atoms with Gasteiger partial charge in [-0.3, -0.25) is 4.79 Å². The van der Waals surface area contributed by atoms with Gasteiger partial charge in [-0.05, 0) is 25.0 Å². The molecule has 0 radical (unpaired) electrons. The molecule has 1 atom stereocenters. The lowest BCUT2D eigenvalue weighted by atomic mass is 10.1. The Kier molecular flexibility index (Phi) is 4.85. The quantitative estimate of drug-likeness (QED) is 0.681. The van der Waals surface area contributed by atoms with Crippen molar-refractivity contribution in [3.63, 3.8) is 0 Å². The van der Waals surface area contributed by atoms with Gasteiger partial charge in [0.2, 0.25) is 0 Å². The lowest BCUT2D eigenvalue weighted by Gasteiger charge is -2.31. The molecule has 0 saturated carbocycles. The molecule has 1 saturated heterocycles. The maximum absolute atomic E-state index is 12.9. The van der Waals surface area contributed by atoms with E-state index in [0.29, 0.717) is 29.4 Å². The summed E-state index contributed by atoms with van der Waals surface area (Å²) >= 11 is 5.79. The molecule has 0 N–H and O–H groups in total. The molecule has 1 aliphatic rings. The lowest BCUT2D eigenvalue weighted by Crippen LogP contribution is -2.44. The van der Waals surface area contributed by atoms with Gasteiger partial charge in [0.1, 0.15) is 6.10 Å². The van der Waals surface area contributed by atoms with Crippen molar-refractivity contribution in [3.8, 4) is 11.8 Å². The molecular formula is C19H18ClN3O4. The first-order valence-corrected chi connectivity index (χ1v) is 9.02. The number of nitrogens with zero attached hydrogens (tertiary/aromatic N) is 3. The fourth-order valence-corrected chi connectivity index (χ4v) is 3.29. The molecular weight excluding hydrogens is 370 g/mol. The highest BCUT2D eigenvalue weighted by atomic mass is 35.5. The van der Waals surface area contributed by atoms with Crippen molar-refractivity contribution in [1.29, 1.82) is 0 Å². The molecule has 0 spiro atoms. The molecule has 2 aromatic heterocycles. The molecule has 1 aromatic carbocycles. The molecule has 0 unspecified atom stereocenters. The third-order valence-electron chi connectivity index (χ3n) is 4.47.